The van der Waals surface area contributed by atoms with Crippen LogP contribution in [0.25, 0.3) is 0 Å². The largest absolute Gasteiger partial charge is 0.354 e. The molecule has 1 aromatic heterocycles. The average molecular weight is 270 g/mol. The molecule has 0 fully saturated rings. The lowest BCUT2D eigenvalue weighted by Crippen LogP contribution is -2.24. The van der Waals surface area contributed by atoms with Gasteiger partial charge in [0.05, 0.1) is 0 Å². The van der Waals surface area contributed by atoms with Crippen molar-refractivity contribution in [1.29, 1.82) is 0 Å². The normalized spacial score (nSPS) is 20.1. The van der Waals surface area contributed by atoms with E-state index in [9.17, 15) is 0 Å². The summed E-state index contributed by atoms with van der Waals surface area (Å²) in [5.41, 5.74) is 0.764. The minimum absolute atomic E-state index is 0.0852. The van der Waals surface area contributed by atoms with Crippen LogP contribution in [-0.2, 0) is 7.05 Å². The molecule has 1 atom stereocenters. The smallest absolute Gasteiger partial charge is 0.170 e. The van der Waals surface area contributed by atoms with E-state index in [1.807, 2.05) is 72.4 Å². The van der Waals surface area contributed by atoms with Crippen LogP contribution in [0.1, 0.15) is 6.92 Å². The molecule has 0 saturated carbocycles. The Balaban J connectivity index is 2.09. The number of pyridine rings is 1. The van der Waals surface area contributed by atoms with Gasteiger partial charge in [-0.15, -0.1) is 15.3 Å². The lowest BCUT2D eigenvalue weighted by atomic mass is 10.3. The van der Waals surface area contributed by atoms with Crippen molar-refractivity contribution in [2.45, 2.75) is 13.1 Å². The Bertz CT molecular complexity index is 635. The maximum atomic E-state index is 4.21. The molecule has 0 saturated heterocycles. The van der Waals surface area contributed by atoms with Crippen molar-refractivity contribution < 1.29 is 0 Å². The second-order valence-corrected chi connectivity index (χ2v) is 4.44. The first-order valence-corrected chi connectivity index (χ1v) is 6.34. The molecule has 0 spiro atoms. The third-order valence-electron chi connectivity index (χ3n) is 2.78. The van der Waals surface area contributed by atoms with Crippen LogP contribution in [0.4, 0.5) is 0 Å². The summed E-state index contributed by atoms with van der Waals surface area (Å²) in [5.74, 6) is 0.519. The molecular weight excluding hydrogens is 252 g/mol. The van der Waals surface area contributed by atoms with Gasteiger partial charge in [0.2, 0.25) is 0 Å². The van der Waals surface area contributed by atoms with Crippen molar-refractivity contribution in [2.24, 2.45) is 27.5 Å². The first-order chi connectivity index (χ1) is 9.66. The van der Waals surface area contributed by atoms with Gasteiger partial charge in [-0.2, -0.15) is 5.11 Å². The van der Waals surface area contributed by atoms with Gasteiger partial charge < -0.3 is 9.47 Å². The highest BCUT2D eigenvalue weighted by Gasteiger charge is 2.07. The topological polar surface area (TPSA) is 57.6 Å². The molecule has 1 unspecified atom stereocenters. The van der Waals surface area contributed by atoms with Crippen molar-refractivity contribution >= 4 is 5.84 Å². The number of aromatic nitrogens is 1. The summed E-state index contributed by atoms with van der Waals surface area (Å²) < 4.78 is 1.89. The third-order valence-corrected chi connectivity index (χ3v) is 2.78. The van der Waals surface area contributed by atoms with Gasteiger partial charge >= 0.3 is 0 Å². The van der Waals surface area contributed by atoms with E-state index in [0.717, 1.165) is 5.49 Å². The van der Waals surface area contributed by atoms with Crippen LogP contribution in [0.3, 0.4) is 0 Å². The summed E-state index contributed by atoms with van der Waals surface area (Å²) in [6.07, 6.45) is 9.65. The van der Waals surface area contributed by atoms with E-state index in [1.54, 1.807) is 6.92 Å². The summed E-state index contributed by atoms with van der Waals surface area (Å²) in [6.45, 7) is 1.78. The molecule has 0 aromatic carbocycles. The SMILES string of the molecule is CC(/N=N/C1C=CC=CN1C)=N\N=c1/ccccn1C. The third kappa shape index (κ3) is 3.74. The highest BCUT2D eigenvalue weighted by molar-refractivity contribution is 5.79. The number of aryl methyl sites for hydroxylation is 1. The predicted octanol–water partition coefficient (Wildman–Crippen LogP) is 2.05. The van der Waals surface area contributed by atoms with E-state index in [1.165, 1.54) is 0 Å². The highest BCUT2D eigenvalue weighted by atomic mass is 15.3. The Morgan fingerprint density at radius 2 is 2.05 bits per heavy atom. The average Bonchev–Trinajstić information content (AvgIpc) is 2.45. The van der Waals surface area contributed by atoms with Crippen LogP contribution < -0.4 is 5.49 Å². The molecule has 1 aliphatic rings. The number of nitrogens with zero attached hydrogens (tertiary/aromatic N) is 6. The van der Waals surface area contributed by atoms with Gasteiger partial charge in [-0.25, -0.2) is 0 Å². The van der Waals surface area contributed by atoms with Crippen LogP contribution in [-0.4, -0.2) is 28.5 Å². The van der Waals surface area contributed by atoms with Gasteiger partial charge in [-0.3, -0.25) is 0 Å². The molecule has 0 bridgehead atoms. The quantitative estimate of drug-likeness (QED) is 0.351. The summed E-state index contributed by atoms with van der Waals surface area (Å²) in [5, 5.41) is 16.5. The zero-order valence-electron chi connectivity index (χ0n) is 11.9. The molecule has 1 aliphatic heterocycles. The molecule has 0 radical (unpaired) electrons. The van der Waals surface area contributed by atoms with Crippen LogP contribution in [0, 0.1) is 0 Å². The molecule has 1 aromatic rings. The zero-order valence-corrected chi connectivity index (χ0v) is 11.9. The van der Waals surface area contributed by atoms with E-state index in [4.69, 9.17) is 0 Å². The minimum atomic E-state index is -0.0852. The second-order valence-electron chi connectivity index (χ2n) is 4.44. The Morgan fingerprint density at radius 3 is 2.80 bits per heavy atom. The fourth-order valence-electron chi connectivity index (χ4n) is 1.60. The van der Waals surface area contributed by atoms with Gasteiger partial charge in [0.25, 0.3) is 0 Å². The van der Waals surface area contributed by atoms with Gasteiger partial charge in [-0.05, 0) is 31.2 Å². The van der Waals surface area contributed by atoms with E-state index in [0.29, 0.717) is 5.84 Å². The van der Waals surface area contributed by atoms with Gasteiger partial charge in [0.1, 0.15) is 0 Å². The predicted molar refractivity (Wildman–Crippen MR) is 78.8 cm³/mol. The molecular formula is C14H18N6. The monoisotopic (exact) mass is 270 g/mol. The van der Waals surface area contributed by atoms with E-state index < -0.39 is 0 Å². The van der Waals surface area contributed by atoms with Crippen LogP contribution in [0.5, 0.6) is 0 Å². The zero-order chi connectivity index (χ0) is 14.4. The maximum Gasteiger partial charge on any atom is 0.170 e. The lowest BCUT2D eigenvalue weighted by Gasteiger charge is -2.20. The Labute approximate surface area is 118 Å². The second kappa shape index (κ2) is 6.60. The standard InChI is InChI=1S/C14H18N6/c1-12(15-17-13-8-4-6-10-19(13)2)16-18-14-9-5-7-11-20(14)3/h4-11,13H,1-3H3/b16-12+,17-15+,18-14+. The molecule has 20 heavy (non-hydrogen) atoms. The summed E-state index contributed by atoms with van der Waals surface area (Å²) in [6, 6.07) is 5.74. The van der Waals surface area contributed by atoms with Crippen molar-refractivity contribution in [3.63, 3.8) is 0 Å². The fourth-order valence-corrected chi connectivity index (χ4v) is 1.60. The Kier molecular flexibility index (Phi) is 4.60. The van der Waals surface area contributed by atoms with Crippen LogP contribution in [0.15, 0.2) is 69.3 Å². The van der Waals surface area contributed by atoms with Gasteiger partial charge in [0, 0.05) is 26.5 Å². The first-order valence-electron chi connectivity index (χ1n) is 6.34. The number of hydrogen-bond acceptors (Lipinski definition) is 4. The van der Waals surface area contributed by atoms with Gasteiger partial charge in [-0.1, -0.05) is 12.1 Å². The molecule has 0 N–H and O–H groups in total. The molecule has 2 heterocycles. The number of allylic oxidation sites excluding steroid dienone is 2. The van der Waals surface area contributed by atoms with Crippen molar-refractivity contribution in [1.82, 2.24) is 9.47 Å². The fraction of sp³-hybridized carbons (Fsp3) is 0.286. The number of likely N-dealkylation sites (N-methyl/N-ethyl adjacent to an activating group) is 1. The van der Waals surface area contributed by atoms with Crippen LogP contribution >= 0.6 is 0 Å². The highest BCUT2D eigenvalue weighted by Crippen LogP contribution is 2.07. The maximum absolute atomic E-state index is 4.21. The number of amidine groups is 1. The molecule has 0 aliphatic carbocycles. The van der Waals surface area contributed by atoms with E-state index >= 15 is 0 Å². The molecule has 0 amide bonds. The Morgan fingerprint density at radius 1 is 1.20 bits per heavy atom. The summed E-state index contributed by atoms with van der Waals surface area (Å²) in [4.78, 5) is 1.96. The van der Waals surface area contributed by atoms with Gasteiger partial charge in [0.15, 0.2) is 17.5 Å². The minimum Gasteiger partial charge on any atom is -0.354 e. The first kappa shape index (κ1) is 13.9. The number of hydrogen-bond donors (Lipinski definition) is 0. The summed E-state index contributed by atoms with van der Waals surface area (Å²) >= 11 is 0. The van der Waals surface area contributed by atoms with Crippen LogP contribution in [0.2, 0.25) is 0 Å². The van der Waals surface area contributed by atoms with Crippen molar-refractivity contribution in [3.05, 3.63) is 54.3 Å². The Hall–Kier alpha value is -2.50. The van der Waals surface area contributed by atoms with Crippen molar-refractivity contribution in [3.8, 4) is 0 Å². The number of azo groups is 1. The molecule has 6 heteroatoms. The molecule has 6 nitrogen and oxygen atoms in total. The van der Waals surface area contributed by atoms with E-state index in [-0.39, 0.29) is 6.17 Å². The lowest BCUT2D eigenvalue weighted by molar-refractivity contribution is 0.380. The van der Waals surface area contributed by atoms with Crippen molar-refractivity contribution in [2.75, 3.05) is 7.05 Å². The summed E-state index contributed by atoms with van der Waals surface area (Å²) in [7, 11) is 3.86. The van der Waals surface area contributed by atoms with E-state index in [2.05, 4.69) is 20.4 Å². The molecule has 2 rings (SSSR count). The molecule has 104 valence electrons. The number of rotatable bonds is 2.